The molecular weight excluding hydrogens is 360 g/mol. The van der Waals surface area contributed by atoms with Gasteiger partial charge in [0.25, 0.3) is 0 Å². The number of nitrogens with two attached hydrogens (primary N) is 1. The molecule has 0 bridgehead atoms. The van der Waals surface area contributed by atoms with E-state index in [-0.39, 0.29) is 0 Å². The van der Waals surface area contributed by atoms with Crippen molar-refractivity contribution in [3.8, 4) is 0 Å². The second-order valence-electron chi connectivity index (χ2n) is 7.93. The van der Waals surface area contributed by atoms with Gasteiger partial charge >= 0.3 is 0 Å². The summed E-state index contributed by atoms with van der Waals surface area (Å²) in [5, 5.41) is 8.74. The van der Waals surface area contributed by atoms with Crippen molar-refractivity contribution in [2.24, 2.45) is 5.73 Å². The first kappa shape index (κ1) is 21.2. The normalized spacial score (nSPS) is 14.8. The summed E-state index contributed by atoms with van der Waals surface area (Å²) < 4.78 is 0. The van der Waals surface area contributed by atoms with Gasteiger partial charge in [-0.2, -0.15) is 4.98 Å². The van der Waals surface area contributed by atoms with Crippen LogP contribution < -0.4 is 15.5 Å². The quantitative estimate of drug-likeness (QED) is 0.473. The van der Waals surface area contributed by atoms with Crippen LogP contribution in [0.1, 0.15) is 56.6 Å². The molecule has 0 saturated carbocycles. The first-order valence-corrected chi connectivity index (χ1v) is 10.8. The van der Waals surface area contributed by atoms with E-state index < -0.39 is 0 Å². The van der Waals surface area contributed by atoms with Crippen LogP contribution in [-0.4, -0.2) is 48.4 Å². The average molecular weight is 395 g/mol. The van der Waals surface area contributed by atoms with Crippen molar-refractivity contribution in [2.75, 3.05) is 36.5 Å². The minimum absolute atomic E-state index is 0.294. The van der Waals surface area contributed by atoms with Crippen LogP contribution in [0.25, 0.3) is 0 Å². The third-order valence-corrected chi connectivity index (χ3v) is 5.68. The van der Waals surface area contributed by atoms with Gasteiger partial charge in [0.2, 0.25) is 5.95 Å². The smallest absolute Gasteiger partial charge is 0.227 e. The third kappa shape index (κ3) is 5.54. The lowest BCUT2D eigenvalue weighted by Crippen LogP contribution is -2.27. The monoisotopic (exact) mass is 394 g/mol. The molecule has 1 aromatic heterocycles. The second-order valence-corrected chi connectivity index (χ2v) is 7.93. The summed E-state index contributed by atoms with van der Waals surface area (Å²) in [6, 6.07) is 10.1. The molecule has 1 aromatic carbocycles. The highest BCUT2D eigenvalue weighted by Crippen LogP contribution is 2.25. The summed E-state index contributed by atoms with van der Waals surface area (Å²) in [5.74, 6) is 1.62. The molecule has 0 amide bonds. The molecule has 2 heterocycles. The van der Waals surface area contributed by atoms with Gasteiger partial charge in [-0.05, 0) is 32.1 Å². The Morgan fingerprint density at radius 3 is 2.62 bits per heavy atom. The molecule has 1 fully saturated rings. The molecule has 1 saturated heterocycles. The SMILES string of the molecule is CCC(N)CCCCN(C)c1nc(N2CCCC2)ncc1C(=N)c1ccccc1. The summed E-state index contributed by atoms with van der Waals surface area (Å²) in [4.78, 5) is 13.9. The van der Waals surface area contributed by atoms with E-state index in [4.69, 9.17) is 16.1 Å². The Balaban J connectivity index is 1.80. The fourth-order valence-corrected chi connectivity index (χ4v) is 3.73. The van der Waals surface area contributed by atoms with Gasteiger partial charge in [-0.15, -0.1) is 0 Å². The Labute approximate surface area is 174 Å². The van der Waals surface area contributed by atoms with E-state index in [2.05, 4.69) is 28.8 Å². The molecule has 3 rings (SSSR count). The van der Waals surface area contributed by atoms with Crippen molar-refractivity contribution in [3.63, 3.8) is 0 Å². The highest BCUT2D eigenvalue weighted by atomic mass is 15.3. The van der Waals surface area contributed by atoms with E-state index in [9.17, 15) is 0 Å². The van der Waals surface area contributed by atoms with Crippen LogP contribution in [0.15, 0.2) is 36.5 Å². The summed E-state index contributed by atoms with van der Waals surface area (Å²) in [6.07, 6.45) is 8.45. The summed E-state index contributed by atoms with van der Waals surface area (Å²) in [7, 11) is 2.07. The maximum Gasteiger partial charge on any atom is 0.227 e. The Morgan fingerprint density at radius 2 is 1.93 bits per heavy atom. The van der Waals surface area contributed by atoms with Gasteiger partial charge in [-0.1, -0.05) is 43.7 Å². The third-order valence-electron chi connectivity index (χ3n) is 5.68. The molecule has 0 aliphatic carbocycles. The lowest BCUT2D eigenvalue weighted by Gasteiger charge is -2.24. The van der Waals surface area contributed by atoms with Crippen LogP contribution in [0.2, 0.25) is 0 Å². The van der Waals surface area contributed by atoms with Gasteiger partial charge in [0.05, 0.1) is 11.3 Å². The van der Waals surface area contributed by atoms with Gasteiger partial charge in [-0.3, -0.25) is 5.41 Å². The number of aromatic nitrogens is 2. The summed E-state index contributed by atoms with van der Waals surface area (Å²) in [6.45, 7) is 5.04. The molecule has 3 N–H and O–H groups in total. The number of hydrogen-bond donors (Lipinski definition) is 2. The lowest BCUT2D eigenvalue weighted by molar-refractivity contribution is 0.550. The van der Waals surface area contributed by atoms with Gasteiger partial charge in [-0.25, -0.2) is 4.98 Å². The first-order valence-electron chi connectivity index (χ1n) is 10.8. The summed E-state index contributed by atoms with van der Waals surface area (Å²) in [5.41, 5.74) is 8.18. The minimum atomic E-state index is 0.294. The number of benzene rings is 1. The van der Waals surface area contributed by atoms with Gasteiger partial charge in [0, 0.05) is 44.5 Å². The van der Waals surface area contributed by atoms with E-state index in [1.165, 1.54) is 12.8 Å². The van der Waals surface area contributed by atoms with Crippen molar-refractivity contribution in [1.29, 1.82) is 5.41 Å². The first-order chi connectivity index (χ1) is 14.1. The maximum absolute atomic E-state index is 8.74. The Morgan fingerprint density at radius 1 is 1.21 bits per heavy atom. The van der Waals surface area contributed by atoms with Crippen LogP contribution in [0.4, 0.5) is 11.8 Å². The standard InChI is InChI=1S/C23H34N6/c1-3-19(24)13-7-8-14-28(2)22-20(21(25)18-11-5-4-6-12-18)17-26-23(27-22)29-15-9-10-16-29/h4-6,11-12,17,19,25H,3,7-10,13-16,24H2,1-2H3. The van der Waals surface area contributed by atoms with E-state index >= 15 is 0 Å². The van der Waals surface area contributed by atoms with Gasteiger partial charge < -0.3 is 15.5 Å². The molecule has 0 radical (unpaired) electrons. The zero-order valence-corrected chi connectivity index (χ0v) is 17.8. The molecule has 1 atom stereocenters. The number of unbranched alkanes of at least 4 members (excludes halogenated alkanes) is 1. The average Bonchev–Trinajstić information content (AvgIpc) is 3.31. The fourth-order valence-electron chi connectivity index (χ4n) is 3.73. The largest absolute Gasteiger partial charge is 0.359 e. The van der Waals surface area contributed by atoms with Gasteiger partial charge in [0.1, 0.15) is 5.82 Å². The molecular formula is C23H34N6. The van der Waals surface area contributed by atoms with Crippen LogP contribution in [0.3, 0.4) is 0 Å². The molecule has 1 unspecified atom stereocenters. The predicted octanol–water partition coefficient (Wildman–Crippen LogP) is 3.84. The van der Waals surface area contributed by atoms with E-state index in [0.29, 0.717) is 11.8 Å². The van der Waals surface area contributed by atoms with E-state index in [1.54, 1.807) is 0 Å². The topological polar surface area (TPSA) is 82.1 Å². The van der Waals surface area contributed by atoms with Gasteiger partial charge in [0.15, 0.2) is 0 Å². The van der Waals surface area contributed by atoms with Crippen LogP contribution >= 0.6 is 0 Å². The zero-order chi connectivity index (χ0) is 20.6. The predicted molar refractivity (Wildman–Crippen MR) is 121 cm³/mol. The van der Waals surface area contributed by atoms with Crippen molar-refractivity contribution in [1.82, 2.24) is 9.97 Å². The van der Waals surface area contributed by atoms with Crippen LogP contribution in [0, 0.1) is 5.41 Å². The molecule has 0 spiro atoms. The molecule has 1 aliphatic heterocycles. The molecule has 29 heavy (non-hydrogen) atoms. The fraction of sp³-hybridized carbons (Fsp3) is 0.522. The highest BCUT2D eigenvalue weighted by molar-refractivity contribution is 6.13. The Kier molecular flexibility index (Phi) is 7.58. The van der Waals surface area contributed by atoms with Crippen molar-refractivity contribution in [3.05, 3.63) is 47.7 Å². The van der Waals surface area contributed by atoms with Crippen molar-refractivity contribution >= 4 is 17.5 Å². The second kappa shape index (κ2) is 10.3. The van der Waals surface area contributed by atoms with Crippen LogP contribution in [-0.2, 0) is 0 Å². The van der Waals surface area contributed by atoms with Crippen molar-refractivity contribution in [2.45, 2.75) is 51.5 Å². The van der Waals surface area contributed by atoms with E-state index in [1.807, 2.05) is 36.5 Å². The Hall–Kier alpha value is -2.47. The zero-order valence-electron chi connectivity index (χ0n) is 17.8. The number of anilines is 2. The molecule has 2 aromatic rings. The number of nitrogens with one attached hydrogen (secondary N) is 1. The Bertz CT molecular complexity index is 785. The molecule has 6 nitrogen and oxygen atoms in total. The van der Waals surface area contributed by atoms with Crippen molar-refractivity contribution < 1.29 is 0 Å². The number of nitrogens with zero attached hydrogens (tertiary/aromatic N) is 4. The van der Waals surface area contributed by atoms with E-state index in [0.717, 1.165) is 68.2 Å². The summed E-state index contributed by atoms with van der Waals surface area (Å²) >= 11 is 0. The molecule has 1 aliphatic rings. The lowest BCUT2D eigenvalue weighted by atomic mass is 10.0. The van der Waals surface area contributed by atoms with Crippen LogP contribution in [0.5, 0.6) is 0 Å². The highest BCUT2D eigenvalue weighted by Gasteiger charge is 2.20. The minimum Gasteiger partial charge on any atom is -0.359 e. The molecule has 6 heteroatoms. The maximum atomic E-state index is 8.74. The number of hydrogen-bond acceptors (Lipinski definition) is 6. The molecule has 156 valence electrons. The number of rotatable bonds is 10.